The first kappa shape index (κ1) is 23.7. The number of allylic oxidation sites excluding steroid dienone is 1. The summed E-state index contributed by atoms with van der Waals surface area (Å²) in [7, 11) is 0. The van der Waals surface area contributed by atoms with Crippen LogP contribution < -0.4 is 0 Å². The first-order valence-corrected chi connectivity index (χ1v) is 12.1. The van der Waals surface area contributed by atoms with Crippen LogP contribution in [-0.4, -0.2) is 10.7 Å². The van der Waals surface area contributed by atoms with Crippen molar-refractivity contribution in [3.05, 3.63) is 24.8 Å². The van der Waals surface area contributed by atoms with Gasteiger partial charge in [0, 0.05) is 0 Å². The minimum absolute atomic E-state index is 0.305. The van der Waals surface area contributed by atoms with Gasteiger partial charge in [-0.15, -0.1) is 13.2 Å². The third-order valence-electron chi connectivity index (χ3n) is 8.51. The zero-order valence-electron chi connectivity index (χ0n) is 19.6. The zero-order chi connectivity index (χ0) is 20.9. The molecule has 28 heavy (non-hydrogen) atoms. The molecule has 0 aromatic rings. The third-order valence-corrected chi connectivity index (χ3v) is 8.51. The number of aliphatic hydroxyl groups is 1. The molecule has 0 aromatic carbocycles. The lowest BCUT2D eigenvalue weighted by molar-refractivity contribution is -0.147. The largest absolute Gasteiger partial charge is 0.389 e. The number of fused-ring (bicyclic) bond motifs is 1. The predicted octanol–water partition coefficient (Wildman–Crippen LogP) is 7.94. The van der Waals surface area contributed by atoms with Crippen molar-refractivity contribution in [2.45, 2.75) is 111 Å². The normalized spacial score (nSPS) is 36.3. The van der Waals surface area contributed by atoms with E-state index in [2.05, 4.69) is 47.8 Å². The second-order valence-corrected chi connectivity index (χ2v) is 11.1. The van der Waals surface area contributed by atoms with Gasteiger partial charge in [0.1, 0.15) is 0 Å². The molecule has 0 aromatic heterocycles. The molecule has 2 saturated carbocycles. The maximum absolute atomic E-state index is 12.0. The Labute approximate surface area is 176 Å². The van der Waals surface area contributed by atoms with Crippen molar-refractivity contribution in [1.29, 1.82) is 0 Å². The topological polar surface area (TPSA) is 20.2 Å². The molecule has 0 unspecified atom stereocenters. The smallest absolute Gasteiger partial charge is 0.0743 e. The van der Waals surface area contributed by atoms with E-state index in [1.54, 1.807) is 0 Å². The minimum atomic E-state index is -0.545. The Kier molecular flexibility index (Phi) is 8.44. The van der Waals surface area contributed by atoms with Crippen LogP contribution in [0.2, 0.25) is 0 Å². The molecule has 2 aliphatic rings. The molecular weight excluding hydrogens is 340 g/mol. The van der Waals surface area contributed by atoms with E-state index in [1.807, 2.05) is 6.08 Å². The summed E-state index contributed by atoms with van der Waals surface area (Å²) in [6.07, 6.45) is 15.2. The SMILES string of the molecule is C=CC[C@]1(O)[C@H](CCCC(=C)C)CC[C@]2(C)[C@@H]([C@H](C)CCCC(C)C)CC[C@H]21. The molecule has 1 heteroatoms. The van der Waals surface area contributed by atoms with Gasteiger partial charge in [-0.1, -0.05) is 58.6 Å². The lowest BCUT2D eigenvalue weighted by atomic mass is 9.53. The van der Waals surface area contributed by atoms with Crippen LogP contribution in [0.15, 0.2) is 24.8 Å². The van der Waals surface area contributed by atoms with Crippen LogP contribution in [0.1, 0.15) is 105 Å². The van der Waals surface area contributed by atoms with Crippen molar-refractivity contribution >= 4 is 0 Å². The molecule has 2 aliphatic carbocycles. The summed E-state index contributed by atoms with van der Waals surface area (Å²) in [5.41, 5.74) is 1.03. The molecule has 0 amide bonds. The average molecular weight is 389 g/mol. The molecule has 6 atom stereocenters. The summed E-state index contributed by atoms with van der Waals surface area (Å²) in [4.78, 5) is 0. The molecule has 1 N–H and O–H groups in total. The molecule has 162 valence electrons. The van der Waals surface area contributed by atoms with Crippen LogP contribution in [0.3, 0.4) is 0 Å². The van der Waals surface area contributed by atoms with E-state index >= 15 is 0 Å². The van der Waals surface area contributed by atoms with Crippen molar-refractivity contribution in [3.63, 3.8) is 0 Å². The Hall–Kier alpha value is -0.560. The molecule has 0 spiro atoms. The Bertz CT molecular complexity index is 520. The number of rotatable bonds is 11. The van der Waals surface area contributed by atoms with E-state index in [4.69, 9.17) is 0 Å². The molecule has 0 bridgehead atoms. The summed E-state index contributed by atoms with van der Waals surface area (Å²) in [6.45, 7) is 19.9. The molecule has 2 fully saturated rings. The van der Waals surface area contributed by atoms with Gasteiger partial charge in [0.15, 0.2) is 0 Å². The van der Waals surface area contributed by atoms with Crippen LogP contribution in [0.4, 0.5) is 0 Å². The monoisotopic (exact) mass is 388 g/mol. The highest BCUT2D eigenvalue weighted by Crippen LogP contribution is 2.63. The Morgan fingerprint density at radius 2 is 1.86 bits per heavy atom. The van der Waals surface area contributed by atoms with Crippen molar-refractivity contribution in [3.8, 4) is 0 Å². The van der Waals surface area contributed by atoms with E-state index < -0.39 is 5.60 Å². The Balaban J connectivity index is 2.11. The van der Waals surface area contributed by atoms with Crippen molar-refractivity contribution in [1.82, 2.24) is 0 Å². The second-order valence-electron chi connectivity index (χ2n) is 11.1. The fourth-order valence-corrected chi connectivity index (χ4v) is 7.03. The molecule has 1 nitrogen and oxygen atoms in total. The highest BCUT2D eigenvalue weighted by atomic mass is 16.3. The zero-order valence-corrected chi connectivity index (χ0v) is 19.6. The Morgan fingerprint density at radius 1 is 1.14 bits per heavy atom. The van der Waals surface area contributed by atoms with Gasteiger partial charge in [0.25, 0.3) is 0 Å². The van der Waals surface area contributed by atoms with E-state index in [9.17, 15) is 5.11 Å². The molecule has 0 aliphatic heterocycles. The van der Waals surface area contributed by atoms with Crippen molar-refractivity contribution in [2.24, 2.45) is 35.0 Å². The van der Waals surface area contributed by atoms with E-state index in [-0.39, 0.29) is 0 Å². The third kappa shape index (κ3) is 5.13. The molecule has 0 heterocycles. The summed E-state index contributed by atoms with van der Waals surface area (Å²) < 4.78 is 0. The first-order chi connectivity index (χ1) is 13.1. The quantitative estimate of drug-likeness (QED) is 0.356. The molecule has 0 saturated heterocycles. The van der Waals surface area contributed by atoms with Gasteiger partial charge < -0.3 is 5.11 Å². The van der Waals surface area contributed by atoms with Gasteiger partial charge in [-0.25, -0.2) is 0 Å². The summed E-state index contributed by atoms with van der Waals surface area (Å²) >= 11 is 0. The van der Waals surface area contributed by atoms with E-state index in [0.29, 0.717) is 17.3 Å². The van der Waals surface area contributed by atoms with Crippen LogP contribution in [0.25, 0.3) is 0 Å². The van der Waals surface area contributed by atoms with Crippen LogP contribution in [0, 0.1) is 35.0 Å². The number of hydrogen-bond acceptors (Lipinski definition) is 1. The highest BCUT2D eigenvalue weighted by Gasteiger charge is 2.60. The van der Waals surface area contributed by atoms with Gasteiger partial charge in [0.05, 0.1) is 5.60 Å². The van der Waals surface area contributed by atoms with E-state index in [0.717, 1.165) is 43.4 Å². The van der Waals surface area contributed by atoms with Crippen LogP contribution in [-0.2, 0) is 0 Å². The average Bonchev–Trinajstić information content (AvgIpc) is 2.95. The van der Waals surface area contributed by atoms with Gasteiger partial charge in [-0.3, -0.25) is 0 Å². The lowest BCUT2D eigenvalue weighted by Crippen LogP contribution is -2.55. The standard InChI is InChI=1S/C27H48O/c1-8-18-27(28)23(14-10-12-21(4)5)17-19-26(7)24(15-16-25(26)27)22(6)13-9-11-20(2)3/h8,20,22-25,28H,1,4,9-19H2,2-3,5-7H3/t22-,23-,24-,25-,26-,27+/m1/s1. The maximum atomic E-state index is 12.0. The second kappa shape index (κ2) is 9.96. The minimum Gasteiger partial charge on any atom is -0.389 e. The highest BCUT2D eigenvalue weighted by molar-refractivity contribution is 5.11. The van der Waals surface area contributed by atoms with Crippen LogP contribution in [0.5, 0.6) is 0 Å². The Morgan fingerprint density at radius 3 is 2.46 bits per heavy atom. The van der Waals surface area contributed by atoms with E-state index in [1.165, 1.54) is 50.5 Å². The van der Waals surface area contributed by atoms with Crippen molar-refractivity contribution in [2.75, 3.05) is 0 Å². The van der Waals surface area contributed by atoms with Gasteiger partial charge in [-0.2, -0.15) is 0 Å². The fourth-order valence-electron chi connectivity index (χ4n) is 7.03. The lowest BCUT2D eigenvalue weighted by Gasteiger charge is -2.54. The maximum Gasteiger partial charge on any atom is 0.0743 e. The molecule has 2 rings (SSSR count). The van der Waals surface area contributed by atoms with Gasteiger partial charge >= 0.3 is 0 Å². The summed E-state index contributed by atoms with van der Waals surface area (Å²) in [5.74, 6) is 3.24. The molecule has 0 radical (unpaired) electrons. The fraction of sp³-hybridized carbons (Fsp3) is 0.852. The van der Waals surface area contributed by atoms with Gasteiger partial charge in [-0.05, 0) is 93.3 Å². The number of hydrogen-bond donors (Lipinski definition) is 1. The predicted molar refractivity (Wildman–Crippen MR) is 123 cm³/mol. The molecular formula is C27H48O. The first-order valence-electron chi connectivity index (χ1n) is 12.1. The summed E-state index contributed by atoms with van der Waals surface area (Å²) in [5, 5.41) is 12.0. The van der Waals surface area contributed by atoms with Crippen LogP contribution >= 0.6 is 0 Å². The van der Waals surface area contributed by atoms with Gasteiger partial charge in [0.2, 0.25) is 0 Å². The summed E-state index contributed by atoms with van der Waals surface area (Å²) in [6, 6.07) is 0. The van der Waals surface area contributed by atoms with Crippen molar-refractivity contribution < 1.29 is 5.11 Å².